The zero-order valence-corrected chi connectivity index (χ0v) is 19.7. The van der Waals surface area contributed by atoms with Gasteiger partial charge in [-0.15, -0.1) is 0 Å². The Labute approximate surface area is 188 Å². The van der Waals surface area contributed by atoms with E-state index < -0.39 is 0 Å². The molecule has 28 heavy (non-hydrogen) atoms. The maximum Gasteiger partial charge on any atom is 0.227 e. The summed E-state index contributed by atoms with van der Waals surface area (Å²) in [6.45, 7) is 1.43. The fourth-order valence-corrected chi connectivity index (χ4v) is 5.06. The number of hydrogen-bond donors (Lipinski definition) is 1. The average Bonchev–Trinajstić information content (AvgIpc) is 2.71. The third-order valence-corrected chi connectivity index (χ3v) is 6.69. The third-order valence-electron chi connectivity index (χ3n) is 5.18. The SMILES string of the molecule is COc1cc(NC(=O)[C@H]2CC[C@H](COCc3ccccc3)CC2)c(I)cc1Br. The van der Waals surface area contributed by atoms with Crippen LogP contribution in [0, 0.1) is 15.4 Å². The van der Waals surface area contributed by atoms with Gasteiger partial charge >= 0.3 is 0 Å². The quantitative estimate of drug-likeness (QED) is 0.423. The first-order valence-electron chi connectivity index (χ1n) is 9.52. The van der Waals surface area contributed by atoms with Crippen LogP contribution in [0.3, 0.4) is 0 Å². The molecule has 0 unspecified atom stereocenters. The molecule has 1 amide bonds. The zero-order chi connectivity index (χ0) is 19.9. The summed E-state index contributed by atoms with van der Waals surface area (Å²) in [7, 11) is 1.62. The molecule has 0 saturated heterocycles. The number of nitrogens with one attached hydrogen (secondary N) is 1. The predicted octanol–water partition coefficient (Wildman–Crippen LogP) is 6.02. The Bertz CT molecular complexity index is 792. The standard InChI is InChI=1S/C22H25BrINO3/c1-27-21-12-20(19(24)11-18(21)23)25-22(26)17-9-7-16(8-10-17)14-28-13-15-5-3-2-4-6-15/h2-6,11-12,16-17H,7-10,13-14H2,1H3,(H,25,26)/t16-,17-. The first-order chi connectivity index (χ1) is 13.6. The van der Waals surface area contributed by atoms with Crippen molar-refractivity contribution in [1.82, 2.24) is 0 Å². The van der Waals surface area contributed by atoms with Crippen molar-refractivity contribution in [3.63, 3.8) is 0 Å². The van der Waals surface area contributed by atoms with E-state index in [4.69, 9.17) is 9.47 Å². The number of carbonyl (C=O) groups excluding carboxylic acids is 1. The number of rotatable bonds is 7. The minimum absolute atomic E-state index is 0.0656. The van der Waals surface area contributed by atoms with Gasteiger partial charge in [0, 0.05) is 22.2 Å². The summed E-state index contributed by atoms with van der Waals surface area (Å²) in [4.78, 5) is 12.7. The van der Waals surface area contributed by atoms with Gasteiger partial charge in [-0.05, 0) is 81.8 Å². The van der Waals surface area contributed by atoms with Crippen LogP contribution in [-0.4, -0.2) is 19.6 Å². The van der Waals surface area contributed by atoms with Crippen molar-refractivity contribution in [2.24, 2.45) is 11.8 Å². The van der Waals surface area contributed by atoms with Gasteiger partial charge in [0.1, 0.15) is 5.75 Å². The second-order valence-electron chi connectivity index (χ2n) is 7.17. The fraction of sp³-hybridized carbons (Fsp3) is 0.409. The monoisotopic (exact) mass is 557 g/mol. The van der Waals surface area contributed by atoms with Crippen LogP contribution in [0.4, 0.5) is 5.69 Å². The summed E-state index contributed by atoms with van der Waals surface area (Å²) < 4.78 is 13.1. The van der Waals surface area contributed by atoms with E-state index in [-0.39, 0.29) is 11.8 Å². The van der Waals surface area contributed by atoms with Gasteiger partial charge in [0.15, 0.2) is 0 Å². The molecule has 1 fully saturated rings. The van der Waals surface area contributed by atoms with Gasteiger partial charge in [-0.1, -0.05) is 30.3 Å². The van der Waals surface area contributed by atoms with Gasteiger partial charge < -0.3 is 14.8 Å². The second-order valence-corrected chi connectivity index (χ2v) is 9.19. The molecule has 0 radical (unpaired) electrons. The van der Waals surface area contributed by atoms with E-state index in [0.29, 0.717) is 12.5 Å². The summed E-state index contributed by atoms with van der Waals surface area (Å²) in [6.07, 6.45) is 3.89. The molecule has 1 aliphatic rings. The van der Waals surface area contributed by atoms with Crippen LogP contribution in [0.1, 0.15) is 31.2 Å². The topological polar surface area (TPSA) is 47.6 Å². The van der Waals surface area contributed by atoms with Gasteiger partial charge in [0.05, 0.1) is 23.9 Å². The van der Waals surface area contributed by atoms with Gasteiger partial charge in [-0.3, -0.25) is 4.79 Å². The summed E-state index contributed by atoms with van der Waals surface area (Å²) in [5, 5.41) is 3.08. The third kappa shape index (κ3) is 5.94. The van der Waals surface area contributed by atoms with Gasteiger partial charge in [0.25, 0.3) is 0 Å². The molecular formula is C22H25BrINO3. The highest BCUT2D eigenvalue weighted by atomic mass is 127. The highest BCUT2D eigenvalue weighted by molar-refractivity contribution is 14.1. The van der Waals surface area contributed by atoms with Gasteiger partial charge in [-0.25, -0.2) is 0 Å². The molecule has 4 nitrogen and oxygen atoms in total. The Morgan fingerprint density at radius 3 is 2.57 bits per heavy atom. The Balaban J connectivity index is 1.45. The van der Waals surface area contributed by atoms with E-state index >= 15 is 0 Å². The Kier molecular flexibility index (Phi) is 8.17. The molecule has 0 aliphatic heterocycles. The molecule has 0 aromatic heterocycles. The van der Waals surface area contributed by atoms with Crippen LogP contribution >= 0.6 is 38.5 Å². The highest BCUT2D eigenvalue weighted by Gasteiger charge is 2.27. The second kappa shape index (κ2) is 10.6. The van der Waals surface area contributed by atoms with Crippen LogP contribution in [0.2, 0.25) is 0 Å². The van der Waals surface area contributed by atoms with Crippen molar-refractivity contribution in [3.05, 3.63) is 56.1 Å². The molecule has 6 heteroatoms. The minimum atomic E-state index is 0.0656. The van der Waals surface area contributed by atoms with E-state index in [1.54, 1.807) is 7.11 Å². The smallest absolute Gasteiger partial charge is 0.227 e. The van der Waals surface area contributed by atoms with Crippen LogP contribution < -0.4 is 10.1 Å². The summed E-state index contributed by atoms with van der Waals surface area (Å²) >= 11 is 5.70. The first kappa shape index (κ1) is 21.6. The highest BCUT2D eigenvalue weighted by Crippen LogP contribution is 2.34. The number of amides is 1. The maximum atomic E-state index is 12.7. The van der Waals surface area contributed by atoms with E-state index in [2.05, 4.69) is 56.0 Å². The number of ether oxygens (including phenoxy) is 2. The largest absolute Gasteiger partial charge is 0.495 e. The Morgan fingerprint density at radius 2 is 1.89 bits per heavy atom. The Hall–Kier alpha value is -1.12. The van der Waals surface area contributed by atoms with Crippen molar-refractivity contribution in [2.75, 3.05) is 19.0 Å². The molecule has 0 atom stereocenters. The Morgan fingerprint density at radius 1 is 1.18 bits per heavy atom. The number of halogens is 2. The van der Waals surface area contributed by atoms with E-state index in [9.17, 15) is 4.79 Å². The zero-order valence-electron chi connectivity index (χ0n) is 15.9. The molecule has 1 aliphatic carbocycles. The maximum absolute atomic E-state index is 12.7. The normalized spacial score (nSPS) is 19.2. The number of carbonyl (C=O) groups is 1. The molecule has 2 aromatic rings. The molecular weight excluding hydrogens is 533 g/mol. The lowest BCUT2D eigenvalue weighted by Gasteiger charge is -2.27. The summed E-state index contributed by atoms with van der Waals surface area (Å²) in [6, 6.07) is 14.1. The van der Waals surface area contributed by atoms with Crippen LogP contribution in [0.25, 0.3) is 0 Å². The minimum Gasteiger partial charge on any atom is -0.495 e. The van der Waals surface area contributed by atoms with E-state index in [1.165, 1.54) is 5.56 Å². The molecule has 1 N–H and O–H groups in total. The number of methoxy groups -OCH3 is 1. The molecule has 150 valence electrons. The molecule has 1 saturated carbocycles. The summed E-state index contributed by atoms with van der Waals surface area (Å²) in [5.74, 6) is 1.43. The number of hydrogen-bond acceptors (Lipinski definition) is 3. The van der Waals surface area contributed by atoms with Crippen LogP contribution in [0.15, 0.2) is 46.9 Å². The van der Waals surface area contributed by atoms with Crippen molar-refractivity contribution >= 4 is 50.1 Å². The average molecular weight is 558 g/mol. The first-order valence-corrected chi connectivity index (χ1v) is 11.4. The number of anilines is 1. The molecule has 3 rings (SSSR count). The van der Waals surface area contributed by atoms with Crippen molar-refractivity contribution in [1.29, 1.82) is 0 Å². The van der Waals surface area contributed by atoms with Crippen molar-refractivity contribution < 1.29 is 14.3 Å². The van der Waals surface area contributed by atoms with Gasteiger partial charge in [-0.2, -0.15) is 0 Å². The van der Waals surface area contributed by atoms with E-state index in [0.717, 1.165) is 51.8 Å². The molecule has 0 spiro atoms. The molecule has 2 aromatic carbocycles. The lowest BCUT2D eigenvalue weighted by atomic mass is 9.82. The predicted molar refractivity (Wildman–Crippen MR) is 124 cm³/mol. The lowest BCUT2D eigenvalue weighted by molar-refractivity contribution is -0.121. The molecule has 0 heterocycles. The van der Waals surface area contributed by atoms with Crippen molar-refractivity contribution in [2.45, 2.75) is 32.3 Å². The molecule has 0 bridgehead atoms. The van der Waals surface area contributed by atoms with E-state index in [1.807, 2.05) is 30.3 Å². The summed E-state index contributed by atoms with van der Waals surface area (Å²) in [5.41, 5.74) is 2.01. The van der Waals surface area contributed by atoms with Crippen LogP contribution in [-0.2, 0) is 16.1 Å². The van der Waals surface area contributed by atoms with Crippen molar-refractivity contribution in [3.8, 4) is 5.75 Å². The lowest BCUT2D eigenvalue weighted by Crippen LogP contribution is -2.28. The van der Waals surface area contributed by atoms with Gasteiger partial charge in [0.2, 0.25) is 5.91 Å². The number of benzene rings is 2. The fourth-order valence-electron chi connectivity index (χ4n) is 3.53. The van der Waals surface area contributed by atoms with Crippen LogP contribution in [0.5, 0.6) is 5.75 Å².